The van der Waals surface area contributed by atoms with E-state index in [0.29, 0.717) is 33.0 Å². The molecule has 4 aromatic rings. The van der Waals surface area contributed by atoms with Crippen molar-refractivity contribution in [2.24, 2.45) is 0 Å². The number of ether oxygens (including phenoxy) is 1. The zero-order chi connectivity index (χ0) is 22.0. The number of alkyl halides is 2. The predicted molar refractivity (Wildman–Crippen MR) is 114 cm³/mol. The molecule has 0 unspecified atom stereocenters. The SMILES string of the molecule is O=c1c2ccc(Cl)cc2nc(C=Cc2ccc(OC(F)F)cc2)n1-c1ccc(F)cc1. The minimum absolute atomic E-state index is 0.0360. The first kappa shape index (κ1) is 20.7. The van der Waals surface area contributed by atoms with Crippen LogP contribution in [0.25, 0.3) is 28.7 Å². The molecule has 4 rings (SSSR count). The van der Waals surface area contributed by atoms with Crippen LogP contribution in [0.4, 0.5) is 13.2 Å². The predicted octanol–water partition coefficient (Wildman–Crippen LogP) is 5.95. The Bertz CT molecular complexity index is 1320. The first-order chi connectivity index (χ1) is 14.9. The Morgan fingerprint density at radius 2 is 1.68 bits per heavy atom. The fraction of sp³-hybridized carbons (Fsp3) is 0.0435. The largest absolute Gasteiger partial charge is 0.435 e. The molecule has 0 aliphatic carbocycles. The first-order valence-electron chi connectivity index (χ1n) is 9.12. The Hall–Kier alpha value is -3.58. The van der Waals surface area contributed by atoms with Crippen molar-refractivity contribution in [3.63, 3.8) is 0 Å². The van der Waals surface area contributed by atoms with Crippen LogP contribution in [0.3, 0.4) is 0 Å². The lowest BCUT2D eigenvalue weighted by molar-refractivity contribution is -0.0498. The van der Waals surface area contributed by atoms with Gasteiger partial charge in [0, 0.05) is 5.02 Å². The monoisotopic (exact) mass is 442 g/mol. The fourth-order valence-electron chi connectivity index (χ4n) is 3.06. The average Bonchev–Trinajstić information content (AvgIpc) is 2.73. The van der Waals surface area contributed by atoms with Crippen molar-refractivity contribution in [3.8, 4) is 11.4 Å². The average molecular weight is 443 g/mol. The molecule has 0 atom stereocenters. The summed E-state index contributed by atoms with van der Waals surface area (Å²) in [7, 11) is 0. The number of halogens is 4. The molecule has 1 heterocycles. The van der Waals surface area contributed by atoms with Gasteiger partial charge in [-0.2, -0.15) is 8.78 Å². The van der Waals surface area contributed by atoms with Crippen LogP contribution >= 0.6 is 11.6 Å². The summed E-state index contributed by atoms with van der Waals surface area (Å²) in [5, 5.41) is 0.794. The Morgan fingerprint density at radius 1 is 0.968 bits per heavy atom. The molecule has 0 aliphatic rings. The zero-order valence-corrected chi connectivity index (χ0v) is 16.6. The number of hydrogen-bond acceptors (Lipinski definition) is 3. The standard InChI is InChI=1S/C23H14ClF3N2O2/c24-15-4-11-19-20(13-15)28-21(29(22(19)30)17-7-5-16(25)6-8-17)12-3-14-1-9-18(10-2-14)31-23(26)27/h1-13,23H. The van der Waals surface area contributed by atoms with Crippen LogP contribution in [0.15, 0.2) is 71.5 Å². The summed E-state index contributed by atoms with van der Waals surface area (Å²) in [6.45, 7) is -2.90. The molecule has 0 saturated carbocycles. The summed E-state index contributed by atoms with van der Waals surface area (Å²) in [5.74, 6) is -0.103. The van der Waals surface area contributed by atoms with Gasteiger partial charge < -0.3 is 4.74 Å². The van der Waals surface area contributed by atoms with Crippen molar-refractivity contribution < 1.29 is 17.9 Å². The van der Waals surface area contributed by atoms with Crippen molar-refractivity contribution in [3.05, 3.63) is 99.3 Å². The van der Waals surface area contributed by atoms with Gasteiger partial charge in [0.1, 0.15) is 17.4 Å². The van der Waals surface area contributed by atoms with Crippen LogP contribution in [-0.2, 0) is 0 Å². The molecule has 0 aliphatic heterocycles. The topological polar surface area (TPSA) is 44.1 Å². The quantitative estimate of drug-likeness (QED) is 0.383. The van der Waals surface area contributed by atoms with Gasteiger partial charge in [-0.15, -0.1) is 0 Å². The van der Waals surface area contributed by atoms with Gasteiger partial charge in [-0.3, -0.25) is 9.36 Å². The van der Waals surface area contributed by atoms with Crippen molar-refractivity contribution in [1.82, 2.24) is 9.55 Å². The molecule has 0 bridgehead atoms. The molecule has 1 aromatic heterocycles. The van der Waals surface area contributed by atoms with Crippen molar-refractivity contribution >= 4 is 34.7 Å². The first-order valence-corrected chi connectivity index (χ1v) is 9.50. The van der Waals surface area contributed by atoms with Crippen molar-refractivity contribution in [2.75, 3.05) is 0 Å². The number of fused-ring (bicyclic) bond motifs is 1. The van der Waals surface area contributed by atoms with Gasteiger partial charge in [0.05, 0.1) is 16.6 Å². The smallest absolute Gasteiger partial charge is 0.387 e. The third kappa shape index (κ3) is 4.62. The van der Waals surface area contributed by atoms with Crippen LogP contribution in [0.5, 0.6) is 5.75 Å². The Balaban J connectivity index is 1.81. The summed E-state index contributed by atoms with van der Waals surface area (Å²) in [4.78, 5) is 17.7. The minimum Gasteiger partial charge on any atom is -0.435 e. The van der Waals surface area contributed by atoms with Crippen LogP contribution in [0, 0.1) is 5.82 Å². The van der Waals surface area contributed by atoms with E-state index in [0.717, 1.165) is 0 Å². The number of hydrogen-bond donors (Lipinski definition) is 0. The van der Waals surface area contributed by atoms with E-state index in [-0.39, 0.29) is 11.3 Å². The number of nitrogens with zero attached hydrogens (tertiary/aromatic N) is 2. The van der Waals surface area contributed by atoms with Gasteiger partial charge in [-0.25, -0.2) is 9.37 Å². The van der Waals surface area contributed by atoms with Crippen molar-refractivity contribution in [1.29, 1.82) is 0 Å². The minimum atomic E-state index is -2.90. The molecular formula is C23H14ClF3N2O2. The van der Waals surface area contributed by atoms with E-state index in [1.54, 1.807) is 42.5 Å². The maximum absolute atomic E-state index is 13.4. The maximum Gasteiger partial charge on any atom is 0.387 e. The molecule has 3 aromatic carbocycles. The second-order valence-electron chi connectivity index (χ2n) is 6.53. The van der Waals surface area contributed by atoms with E-state index in [1.165, 1.54) is 41.0 Å². The summed E-state index contributed by atoms with van der Waals surface area (Å²) >= 11 is 6.05. The summed E-state index contributed by atoms with van der Waals surface area (Å²) in [6.07, 6.45) is 3.28. The van der Waals surface area contributed by atoms with Gasteiger partial charge in [0.25, 0.3) is 5.56 Å². The molecule has 0 amide bonds. The maximum atomic E-state index is 13.4. The third-order valence-corrected chi connectivity index (χ3v) is 4.71. The molecule has 31 heavy (non-hydrogen) atoms. The summed E-state index contributed by atoms with van der Waals surface area (Å²) in [6, 6.07) is 16.2. The van der Waals surface area contributed by atoms with Crippen LogP contribution in [0.2, 0.25) is 5.02 Å². The van der Waals surface area contributed by atoms with Gasteiger partial charge in [-0.05, 0) is 66.2 Å². The Morgan fingerprint density at radius 3 is 2.35 bits per heavy atom. The fourth-order valence-corrected chi connectivity index (χ4v) is 3.23. The molecule has 8 heteroatoms. The second-order valence-corrected chi connectivity index (χ2v) is 6.97. The lowest BCUT2D eigenvalue weighted by Crippen LogP contribution is -2.22. The number of rotatable bonds is 5. The molecule has 0 saturated heterocycles. The second kappa shape index (κ2) is 8.65. The normalized spacial score (nSPS) is 11.5. The highest BCUT2D eigenvalue weighted by atomic mass is 35.5. The molecule has 0 N–H and O–H groups in total. The number of aromatic nitrogens is 2. The lowest BCUT2D eigenvalue weighted by atomic mass is 10.2. The van der Waals surface area contributed by atoms with E-state index in [1.807, 2.05) is 0 Å². The molecule has 0 radical (unpaired) electrons. The summed E-state index contributed by atoms with van der Waals surface area (Å²) < 4.78 is 43.7. The Kier molecular flexibility index (Phi) is 5.77. The van der Waals surface area contributed by atoms with E-state index >= 15 is 0 Å². The third-order valence-electron chi connectivity index (χ3n) is 4.47. The van der Waals surface area contributed by atoms with Gasteiger partial charge in [0.2, 0.25) is 0 Å². The van der Waals surface area contributed by atoms with Crippen LogP contribution < -0.4 is 10.3 Å². The van der Waals surface area contributed by atoms with Gasteiger partial charge in [0.15, 0.2) is 0 Å². The Labute approximate surface area is 179 Å². The molecular weight excluding hydrogens is 429 g/mol. The molecule has 0 fully saturated rings. The highest BCUT2D eigenvalue weighted by Gasteiger charge is 2.12. The van der Waals surface area contributed by atoms with E-state index in [4.69, 9.17) is 11.6 Å². The van der Waals surface area contributed by atoms with E-state index in [9.17, 15) is 18.0 Å². The molecule has 0 spiro atoms. The van der Waals surface area contributed by atoms with Gasteiger partial charge in [-0.1, -0.05) is 29.8 Å². The highest BCUT2D eigenvalue weighted by molar-refractivity contribution is 6.31. The van der Waals surface area contributed by atoms with Crippen LogP contribution in [0.1, 0.15) is 11.4 Å². The molecule has 156 valence electrons. The highest BCUT2D eigenvalue weighted by Crippen LogP contribution is 2.20. The van der Waals surface area contributed by atoms with E-state index in [2.05, 4.69) is 9.72 Å². The van der Waals surface area contributed by atoms with E-state index < -0.39 is 12.4 Å². The zero-order valence-electron chi connectivity index (χ0n) is 15.8. The summed E-state index contributed by atoms with van der Waals surface area (Å²) in [5.41, 5.74) is 1.19. The van der Waals surface area contributed by atoms with Crippen LogP contribution in [-0.4, -0.2) is 16.2 Å². The molecule has 4 nitrogen and oxygen atoms in total. The van der Waals surface area contributed by atoms with Crippen molar-refractivity contribution in [2.45, 2.75) is 6.61 Å². The number of benzene rings is 3. The van der Waals surface area contributed by atoms with Gasteiger partial charge >= 0.3 is 6.61 Å². The lowest BCUT2D eigenvalue weighted by Gasteiger charge is -2.11.